The molecule has 0 saturated heterocycles. The Morgan fingerprint density at radius 2 is 1.83 bits per heavy atom. The molecule has 0 atom stereocenters. The summed E-state index contributed by atoms with van der Waals surface area (Å²) >= 11 is 0. The lowest BCUT2D eigenvalue weighted by Gasteiger charge is -2.34. The third-order valence-corrected chi connectivity index (χ3v) is 5.38. The van der Waals surface area contributed by atoms with Gasteiger partial charge in [-0.3, -0.25) is 9.59 Å². The molecule has 192 valence electrons. The number of aromatic nitrogens is 2. The van der Waals surface area contributed by atoms with E-state index < -0.39 is 70.3 Å². The average molecular weight is 509 g/mol. The Kier molecular flexibility index (Phi) is 7.58. The van der Waals surface area contributed by atoms with Crippen LogP contribution in [-0.2, 0) is 28.4 Å². The minimum atomic E-state index is -5.16. The van der Waals surface area contributed by atoms with Crippen molar-refractivity contribution in [3.05, 3.63) is 51.2 Å². The second-order valence-corrected chi connectivity index (χ2v) is 8.67. The molecule has 6 nitrogen and oxygen atoms in total. The molecule has 1 saturated carbocycles. The maximum Gasteiger partial charge on any atom is 0.433 e. The van der Waals surface area contributed by atoms with Crippen LogP contribution in [0, 0.1) is 17.7 Å². The van der Waals surface area contributed by atoms with E-state index >= 15 is 4.39 Å². The third kappa shape index (κ3) is 6.38. The second kappa shape index (κ2) is 9.96. The molecule has 1 heterocycles. The van der Waals surface area contributed by atoms with E-state index in [1.807, 2.05) is 13.8 Å². The Morgan fingerprint density at radius 3 is 2.40 bits per heavy atom. The highest BCUT2D eigenvalue weighted by molar-refractivity contribution is 5.79. The molecule has 0 aliphatic heterocycles. The van der Waals surface area contributed by atoms with Gasteiger partial charge in [0.25, 0.3) is 5.56 Å². The van der Waals surface area contributed by atoms with Gasteiger partial charge in [0.15, 0.2) is 5.69 Å². The Labute approximate surface area is 194 Å². The van der Waals surface area contributed by atoms with E-state index in [1.165, 1.54) is 0 Å². The largest absolute Gasteiger partial charge is 0.433 e. The number of H-pyrrole nitrogens is 1. The van der Waals surface area contributed by atoms with Crippen LogP contribution in [0.25, 0.3) is 11.4 Å². The summed E-state index contributed by atoms with van der Waals surface area (Å²) in [6, 6.07) is 1.28. The maximum atomic E-state index is 15.2. The van der Waals surface area contributed by atoms with Crippen LogP contribution in [0.2, 0.25) is 0 Å². The van der Waals surface area contributed by atoms with Gasteiger partial charge in [0.2, 0.25) is 5.91 Å². The van der Waals surface area contributed by atoms with Crippen LogP contribution in [0.15, 0.2) is 23.0 Å². The summed E-state index contributed by atoms with van der Waals surface area (Å²) in [5, 5.41) is 2.42. The first-order valence-corrected chi connectivity index (χ1v) is 10.6. The molecule has 0 bridgehead atoms. The van der Waals surface area contributed by atoms with Crippen LogP contribution >= 0.6 is 0 Å². The van der Waals surface area contributed by atoms with Crippen molar-refractivity contribution < 1.29 is 40.3 Å². The number of nitrogens with one attached hydrogen (secondary N) is 2. The van der Waals surface area contributed by atoms with Crippen LogP contribution in [0.4, 0.5) is 30.7 Å². The molecule has 0 unspecified atom stereocenters. The minimum absolute atomic E-state index is 0.0511. The summed E-state index contributed by atoms with van der Waals surface area (Å²) in [6.07, 6.45) is -9.53. The number of alkyl halides is 6. The van der Waals surface area contributed by atoms with Crippen LogP contribution < -0.4 is 10.9 Å². The van der Waals surface area contributed by atoms with Crippen LogP contribution in [-0.4, -0.2) is 28.6 Å². The number of halogens is 7. The Morgan fingerprint density at radius 1 is 1.17 bits per heavy atom. The molecule has 1 aliphatic carbocycles. The molecular formula is C22H22F7N3O3. The number of nitrogens with zero attached hydrogens (tertiary/aromatic N) is 1. The van der Waals surface area contributed by atoms with Crippen LogP contribution in [0.5, 0.6) is 0 Å². The lowest BCUT2D eigenvalue weighted by molar-refractivity contribution is -0.141. The molecule has 3 rings (SSSR count). The lowest BCUT2D eigenvalue weighted by Crippen LogP contribution is -2.42. The first kappa shape index (κ1) is 26.6. The maximum absolute atomic E-state index is 15.2. The number of rotatable bonds is 7. The number of benzene rings is 1. The van der Waals surface area contributed by atoms with Crippen LogP contribution in [0.1, 0.15) is 43.5 Å². The fraction of sp³-hybridized carbons (Fsp3) is 0.500. The van der Waals surface area contributed by atoms with Gasteiger partial charge in [-0.15, -0.1) is 0 Å². The monoisotopic (exact) mass is 509 g/mol. The number of carbonyl (C=O) groups excluding carboxylic acids is 1. The summed E-state index contributed by atoms with van der Waals surface area (Å²) in [5.41, 5.74) is -6.59. The quantitative estimate of drug-likeness (QED) is 0.531. The molecule has 0 radical (unpaired) electrons. The molecule has 1 aliphatic rings. The predicted molar refractivity (Wildman–Crippen MR) is 109 cm³/mol. The standard InChI is InChI=1S/C22H22F7N3O3/c1-10(2)9-35-13-5-12(6-13)20(34)30-8-11-3-4-14(21(24,25)26)17(18(11)23)19-31-15(22(27,28)29)7-16(33)32-19/h3-4,7,10,12-13H,5-6,8-9H2,1-2H3,(H,30,34)(H,31,32,33)/t12-,13+. The molecule has 1 amide bonds. The molecular weight excluding hydrogens is 487 g/mol. The molecule has 2 aromatic rings. The van der Waals surface area contributed by atoms with E-state index in [9.17, 15) is 35.9 Å². The second-order valence-electron chi connectivity index (χ2n) is 8.67. The summed E-state index contributed by atoms with van der Waals surface area (Å²) in [7, 11) is 0. The van der Waals surface area contributed by atoms with Gasteiger partial charge in [-0.05, 0) is 24.8 Å². The summed E-state index contributed by atoms with van der Waals surface area (Å²) < 4.78 is 100. The zero-order chi connectivity index (χ0) is 26.1. The zero-order valence-electron chi connectivity index (χ0n) is 18.6. The summed E-state index contributed by atoms with van der Waals surface area (Å²) in [6.45, 7) is 3.96. The molecule has 0 spiro atoms. The normalized spacial score (nSPS) is 18.5. The van der Waals surface area contributed by atoms with Crippen molar-refractivity contribution in [3.8, 4) is 11.4 Å². The number of ether oxygens (including phenoxy) is 1. The van der Waals surface area contributed by atoms with Crippen molar-refractivity contribution in [1.29, 1.82) is 0 Å². The van der Waals surface area contributed by atoms with Crippen molar-refractivity contribution in [2.24, 2.45) is 11.8 Å². The Bertz CT molecular complexity index is 1140. The van der Waals surface area contributed by atoms with Crippen molar-refractivity contribution in [3.63, 3.8) is 0 Å². The first-order chi connectivity index (χ1) is 16.2. The molecule has 1 aromatic carbocycles. The van der Waals surface area contributed by atoms with Crippen molar-refractivity contribution in [2.45, 2.75) is 51.7 Å². The van der Waals surface area contributed by atoms with E-state index in [0.29, 0.717) is 31.4 Å². The van der Waals surface area contributed by atoms with Gasteiger partial charge in [0, 0.05) is 30.7 Å². The van der Waals surface area contributed by atoms with Gasteiger partial charge in [-0.2, -0.15) is 26.3 Å². The molecule has 2 N–H and O–H groups in total. The number of hydrogen-bond acceptors (Lipinski definition) is 4. The SMILES string of the molecule is CC(C)CO[C@H]1C[C@@H](C(=O)NCc2ccc(C(F)(F)F)c(-c3nc(C(F)(F)F)cc(=O)[nH]3)c2F)C1. The number of hydrogen-bond donors (Lipinski definition) is 2. The van der Waals surface area contributed by atoms with Crippen molar-refractivity contribution in [1.82, 2.24) is 15.3 Å². The highest BCUT2D eigenvalue weighted by Gasteiger charge is 2.39. The Hall–Kier alpha value is -2.96. The van der Waals surface area contributed by atoms with Crippen molar-refractivity contribution >= 4 is 5.91 Å². The lowest BCUT2D eigenvalue weighted by atomic mass is 9.81. The highest BCUT2D eigenvalue weighted by atomic mass is 19.4. The fourth-order valence-corrected chi connectivity index (χ4v) is 3.52. The third-order valence-electron chi connectivity index (χ3n) is 5.38. The smallest absolute Gasteiger partial charge is 0.378 e. The number of aromatic amines is 1. The zero-order valence-corrected chi connectivity index (χ0v) is 18.6. The summed E-state index contributed by atoms with van der Waals surface area (Å²) in [4.78, 5) is 28.7. The van der Waals surface area contributed by atoms with Gasteiger partial charge in [0.05, 0.1) is 17.2 Å². The van der Waals surface area contributed by atoms with Gasteiger partial charge < -0.3 is 15.0 Å². The molecule has 35 heavy (non-hydrogen) atoms. The Balaban J connectivity index is 1.85. The minimum Gasteiger partial charge on any atom is -0.378 e. The van der Waals surface area contributed by atoms with Crippen molar-refractivity contribution in [2.75, 3.05) is 6.61 Å². The molecule has 1 fully saturated rings. The van der Waals surface area contributed by atoms with Crippen LogP contribution in [0.3, 0.4) is 0 Å². The molecule has 13 heteroatoms. The number of carbonyl (C=O) groups is 1. The molecule has 1 aromatic heterocycles. The predicted octanol–water partition coefficient (Wildman–Crippen LogP) is 4.68. The summed E-state index contributed by atoms with van der Waals surface area (Å²) in [5.74, 6) is -3.34. The first-order valence-electron chi connectivity index (χ1n) is 10.6. The number of amides is 1. The van der Waals surface area contributed by atoms with Gasteiger partial charge in [-0.25, -0.2) is 9.37 Å². The highest BCUT2D eigenvalue weighted by Crippen LogP contribution is 2.39. The van der Waals surface area contributed by atoms with E-state index in [2.05, 4.69) is 10.3 Å². The topological polar surface area (TPSA) is 84.1 Å². The average Bonchev–Trinajstić information content (AvgIpc) is 2.69. The van der Waals surface area contributed by atoms with E-state index in [0.717, 1.165) is 6.07 Å². The van der Waals surface area contributed by atoms with E-state index in [1.54, 1.807) is 4.98 Å². The van der Waals surface area contributed by atoms with Gasteiger partial charge in [-0.1, -0.05) is 19.9 Å². The van der Waals surface area contributed by atoms with Gasteiger partial charge >= 0.3 is 12.4 Å². The fourth-order valence-electron chi connectivity index (χ4n) is 3.52. The van der Waals surface area contributed by atoms with E-state index in [4.69, 9.17) is 4.74 Å². The van der Waals surface area contributed by atoms with Gasteiger partial charge in [0.1, 0.15) is 11.6 Å². The van der Waals surface area contributed by atoms with E-state index in [-0.39, 0.29) is 12.2 Å².